The fourth-order valence-electron chi connectivity index (χ4n) is 7.40. The molecule has 1 aliphatic rings. The van der Waals surface area contributed by atoms with Gasteiger partial charge in [0.05, 0.1) is 6.61 Å². The number of carbonyl (C=O) groups is 5. The Morgan fingerprint density at radius 3 is 1.78 bits per heavy atom. The highest BCUT2D eigenvalue weighted by atomic mass is 16.7. The van der Waals surface area contributed by atoms with Crippen molar-refractivity contribution < 1.29 is 57.9 Å². The number of aliphatic hydroxyl groups excluding tert-OH is 2. The first-order valence-electron chi connectivity index (χ1n) is 23.4. The van der Waals surface area contributed by atoms with Crippen molar-refractivity contribution in [3.05, 3.63) is 71.8 Å². The molecule has 0 aromatic heterocycles. The van der Waals surface area contributed by atoms with E-state index in [2.05, 4.69) is 22.9 Å². The van der Waals surface area contributed by atoms with Crippen LogP contribution in [0, 0.1) is 0 Å². The van der Waals surface area contributed by atoms with Crippen LogP contribution in [0.3, 0.4) is 0 Å². The van der Waals surface area contributed by atoms with Gasteiger partial charge in [-0.3, -0.25) is 19.2 Å². The molecular formula is C49H75N3O12. The number of amides is 3. The maximum Gasteiger partial charge on any atom is 0.328 e. The van der Waals surface area contributed by atoms with Crippen LogP contribution in [0.5, 0.6) is 0 Å². The second kappa shape index (κ2) is 31.5. The molecule has 5 N–H and O–H groups in total. The molecule has 1 heterocycles. The number of hydrogen-bond donors (Lipinski definition) is 5. The molecule has 8 atom stereocenters. The Bertz CT molecular complexity index is 1630. The van der Waals surface area contributed by atoms with E-state index in [9.17, 15) is 34.2 Å². The molecule has 2 aromatic rings. The first-order chi connectivity index (χ1) is 30.9. The third-order valence-corrected chi connectivity index (χ3v) is 11.2. The lowest BCUT2D eigenvalue weighted by atomic mass is 9.96. The van der Waals surface area contributed by atoms with Gasteiger partial charge in [0.2, 0.25) is 17.7 Å². The fraction of sp³-hybridized carbons (Fsp3) is 0.653. The Morgan fingerprint density at radius 1 is 0.719 bits per heavy atom. The lowest BCUT2D eigenvalue weighted by Crippen LogP contribution is -2.66. The summed E-state index contributed by atoms with van der Waals surface area (Å²) in [5, 5.41) is 29.1. The third kappa shape index (κ3) is 21.1. The molecule has 1 saturated heterocycles. The predicted octanol–water partition coefficient (Wildman–Crippen LogP) is 6.10. The number of aliphatic hydroxyl groups is 2. The summed E-state index contributed by atoms with van der Waals surface area (Å²) in [5.41, 5.74) is 1.51. The van der Waals surface area contributed by atoms with Crippen LogP contribution in [-0.2, 0) is 60.9 Å². The van der Waals surface area contributed by atoms with Gasteiger partial charge in [-0.15, -0.1) is 0 Å². The van der Waals surface area contributed by atoms with Crippen molar-refractivity contribution in [2.75, 3.05) is 13.2 Å². The second-order valence-electron chi connectivity index (χ2n) is 16.7. The van der Waals surface area contributed by atoms with Crippen LogP contribution in [0.4, 0.5) is 0 Å². The Hall–Kier alpha value is -4.41. The number of ether oxygens (including phenoxy) is 5. The Kier molecular flexibility index (Phi) is 26.5. The summed E-state index contributed by atoms with van der Waals surface area (Å²) >= 11 is 0. The SMILES string of the molecule is CCCCCCCCCCCCCCCCO[C@@H]1O[C@H](CO)[C@@H](O)[C@H](OC(C)C(=O)N[C@@H](C)C(=O)N[C@H](CCC(=O)OCc2ccccc2)C(=O)OCc2ccccc2)[C@H]1NC(C)=O. The number of benzene rings is 2. The Balaban J connectivity index is 1.52. The van der Waals surface area contributed by atoms with Crippen molar-refractivity contribution in [2.24, 2.45) is 0 Å². The summed E-state index contributed by atoms with van der Waals surface area (Å²) in [6, 6.07) is 14.6. The van der Waals surface area contributed by atoms with Crippen molar-refractivity contribution in [1.82, 2.24) is 16.0 Å². The van der Waals surface area contributed by atoms with Gasteiger partial charge in [0.1, 0.15) is 55.8 Å². The molecule has 1 fully saturated rings. The third-order valence-electron chi connectivity index (χ3n) is 11.2. The van der Waals surface area contributed by atoms with Crippen LogP contribution in [0.2, 0.25) is 0 Å². The maximum atomic E-state index is 13.5. The van der Waals surface area contributed by atoms with Crippen LogP contribution in [0.15, 0.2) is 60.7 Å². The Morgan fingerprint density at radius 2 is 1.25 bits per heavy atom. The van der Waals surface area contributed by atoms with Gasteiger partial charge in [-0.2, -0.15) is 0 Å². The van der Waals surface area contributed by atoms with Gasteiger partial charge >= 0.3 is 11.9 Å². The van der Waals surface area contributed by atoms with Crippen LogP contribution < -0.4 is 16.0 Å². The molecule has 358 valence electrons. The lowest BCUT2D eigenvalue weighted by molar-refractivity contribution is -0.280. The number of unbranched alkanes of at least 4 members (excludes halogenated alkanes) is 13. The normalized spacial score (nSPS) is 19.8. The van der Waals surface area contributed by atoms with E-state index in [0.717, 1.165) is 36.8 Å². The first kappa shape index (κ1) is 53.9. The zero-order chi connectivity index (χ0) is 46.5. The van der Waals surface area contributed by atoms with Gasteiger partial charge in [0.25, 0.3) is 0 Å². The van der Waals surface area contributed by atoms with E-state index in [4.69, 9.17) is 23.7 Å². The molecule has 0 radical (unpaired) electrons. The van der Waals surface area contributed by atoms with Gasteiger partial charge in [-0.1, -0.05) is 151 Å². The predicted molar refractivity (Wildman–Crippen MR) is 241 cm³/mol. The molecule has 0 saturated carbocycles. The lowest BCUT2D eigenvalue weighted by Gasteiger charge is -2.44. The summed E-state index contributed by atoms with van der Waals surface area (Å²) < 4.78 is 28.8. The van der Waals surface area contributed by atoms with E-state index < -0.39 is 85.1 Å². The van der Waals surface area contributed by atoms with E-state index >= 15 is 0 Å². The molecule has 0 bridgehead atoms. The molecule has 15 heteroatoms. The number of rotatable bonds is 32. The minimum absolute atomic E-state index is 0.0445. The molecule has 0 aliphatic carbocycles. The largest absolute Gasteiger partial charge is 0.461 e. The highest BCUT2D eigenvalue weighted by Gasteiger charge is 2.48. The summed E-state index contributed by atoms with van der Waals surface area (Å²) in [5.74, 6) is -3.29. The molecule has 0 spiro atoms. The molecule has 1 aliphatic heterocycles. The fourth-order valence-corrected chi connectivity index (χ4v) is 7.40. The van der Waals surface area contributed by atoms with Gasteiger partial charge < -0.3 is 49.8 Å². The van der Waals surface area contributed by atoms with E-state index in [0.29, 0.717) is 6.61 Å². The van der Waals surface area contributed by atoms with Crippen molar-refractivity contribution in [3.63, 3.8) is 0 Å². The van der Waals surface area contributed by atoms with Crippen molar-refractivity contribution in [2.45, 2.75) is 192 Å². The molecule has 1 unspecified atom stereocenters. The zero-order valence-electron chi connectivity index (χ0n) is 38.5. The number of nitrogens with one attached hydrogen (secondary N) is 3. The zero-order valence-corrected chi connectivity index (χ0v) is 38.5. The van der Waals surface area contributed by atoms with Crippen molar-refractivity contribution in [1.29, 1.82) is 0 Å². The number of carbonyl (C=O) groups excluding carboxylic acids is 5. The topological polar surface area (TPSA) is 208 Å². The smallest absolute Gasteiger partial charge is 0.328 e. The van der Waals surface area contributed by atoms with Crippen LogP contribution in [0.1, 0.15) is 142 Å². The van der Waals surface area contributed by atoms with E-state index in [1.165, 1.54) is 85.0 Å². The van der Waals surface area contributed by atoms with Crippen LogP contribution >= 0.6 is 0 Å². The molecule has 2 aromatic carbocycles. The quantitative estimate of drug-likeness (QED) is 0.0417. The summed E-state index contributed by atoms with van der Waals surface area (Å²) in [4.78, 5) is 65.1. The van der Waals surface area contributed by atoms with E-state index in [1.54, 1.807) is 24.3 Å². The van der Waals surface area contributed by atoms with Gasteiger partial charge in [-0.25, -0.2) is 4.79 Å². The van der Waals surface area contributed by atoms with E-state index in [1.807, 2.05) is 36.4 Å². The summed E-state index contributed by atoms with van der Waals surface area (Å²) in [7, 11) is 0. The number of esters is 2. The monoisotopic (exact) mass is 898 g/mol. The first-order valence-corrected chi connectivity index (χ1v) is 23.4. The van der Waals surface area contributed by atoms with Gasteiger partial charge in [-0.05, 0) is 37.8 Å². The van der Waals surface area contributed by atoms with Crippen molar-refractivity contribution >= 4 is 29.7 Å². The van der Waals surface area contributed by atoms with Crippen LogP contribution in [-0.4, -0.2) is 102 Å². The second-order valence-corrected chi connectivity index (χ2v) is 16.7. The summed E-state index contributed by atoms with van der Waals surface area (Å²) in [6.45, 7) is 6.06. The van der Waals surface area contributed by atoms with E-state index in [-0.39, 0.29) is 26.1 Å². The molecule has 3 amide bonds. The molecule has 64 heavy (non-hydrogen) atoms. The molecular weight excluding hydrogens is 823 g/mol. The maximum absolute atomic E-state index is 13.5. The Labute approximate surface area is 380 Å². The average molecular weight is 898 g/mol. The van der Waals surface area contributed by atoms with Gasteiger partial charge in [0.15, 0.2) is 6.29 Å². The minimum atomic E-state index is -1.46. The average Bonchev–Trinajstić information content (AvgIpc) is 3.29. The highest BCUT2D eigenvalue weighted by molar-refractivity contribution is 5.91. The standard InChI is InChI=1S/C49H75N3O12/c1-5-6-7-8-9-10-11-12-13-14-15-16-17-24-31-60-49-43(51-37(4)54)45(44(56)41(32-53)64-49)63-36(3)47(58)50-35(2)46(57)52-40(48(59)62-34-39-27-22-19-23-28-39)29-30-42(55)61-33-38-25-20-18-21-26-38/h18-23,25-28,35-36,40-41,43-45,49,53,56H,5-17,24,29-34H2,1-4H3,(H,50,58)(H,51,54)(H,52,57)/t35-,36?,40+,41+,43+,44+,45+,49+/m0/s1. The van der Waals surface area contributed by atoms with Crippen molar-refractivity contribution in [3.8, 4) is 0 Å². The minimum Gasteiger partial charge on any atom is -0.461 e. The van der Waals surface area contributed by atoms with Crippen LogP contribution in [0.25, 0.3) is 0 Å². The molecule has 3 rings (SSSR count). The number of hydrogen-bond acceptors (Lipinski definition) is 12. The van der Waals surface area contributed by atoms with Gasteiger partial charge in [0, 0.05) is 20.0 Å². The highest BCUT2D eigenvalue weighted by Crippen LogP contribution is 2.26. The molecule has 15 nitrogen and oxygen atoms in total. The summed E-state index contributed by atoms with van der Waals surface area (Å²) in [6.07, 6.45) is 10.4.